The number of nitrogens with one attached hydrogen (secondary N) is 3. The van der Waals surface area contributed by atoms with E-state index in [0.717, 1.165) is 0 Å². The summed E-state index contributed by atoms with van der Waals surface area (Å²) in [6.07, 6.45) is -2.02. The molecule has 0 aliphatic rings. The number of urea groups is 1. The van der Waals surface area contributed by atoms with Crippen LogP contribution in [0.1, 0.15) is 29.8 Å². The van der Waals surface area contributed by atoms with Gasteiger partial charge in [0.15, 0.2) is 0 Å². The number of amides is 3. The smallest absolute Gasteiger partial charge is 0.349 e. The molecule has 9 nitrogen and oxygen atoms in total. The molecule has 0 radical (unpaired) electrons. The Morgan fingerprint density at radius 3 is 2.38 bits per heavy atom. The van der Waals surface area contributed by atoms with E-state index in [1.807, 2.05) is 0 Å². The Balaban J connectivity index is 2.21. The van der Waals surface area contributed by atoms with Gasteiger partial charge in [-0.3, -0.25) is 9.78 Å². The van der Waals surface area contributed by atoms with Gasteiger partial charge in [-0.25, -0.2) is 22.9 Å². The topological polar surface area (TPSA) is 130 Å². The molecule has 1 heterocycles. The SMILES string of the molecule is O=C(NCCNC(=O)c1cnccn1)NS(=O)(=O)CCCCC(F)(F)F. The maximum absolute atomic E-state index is 12.0. The van der Waals surface area contributed by atoms with E-state index in [2.05, 4.69) is 20.6 Å². The van der Waals surface area contributed by atoms with Gasteiger partial charge in [-0.05, 0) is 12.8 Å². The molecule has 3 N–H and O–H groups in total. The summed E-state index contributed by atoms with van der Waals surface area (Å²) in [5.41, 5.74) is 0.0818. The van der Waals surface area contributed by atoms with Crippen molar-refractivity contribution in [1.82, 2.24) is 25.3 Å². The minimum atomic E-state index is -4.34. The van der Waals surface area contributed by atoms with Gasteiger partial charge in [-0.15, -0.1) is 0 Å². The third-order valence-corrected chi connectivity index (χ3v) is 4.19. The second kappa shape index (κ2) is 9.89. The summed E-state index contributed by atoms with van der Waals surface area (Å²) in [5, 5.41) is 4.63. The van der Waals surface area contributed by atoms with E-state index >= 15 is 0 Å². The second-order valence-corrected chi connectivity index (χ2v) is 6.94. The number of sulfonamides is 1. The van der Waals surface area contributed by atoms with E-state index in [1.165, 1.54) is 18.6 Å². The first kappa shape index (κ1) is 21.6. The molecular formula is C13H18F3N5O4S. The zero-order valence-electron chi connectivity index (χ0n) is 13.5. The number of carbonyl (C=O) groups excluding carboxylic acids is 2. The lowest BCUT2D eigenvalue weighted by molar-refractivity contribution is -0.135. The van der Waals surface area contributed by atoms with Gasteiger partial charge in [0.05, 0.1) is 11.9 Å². The van der Waals surface area contributed by atoms with Crippen LogP contribution in [-0.2, 0) is 10.0 Å². The van der Waals surface area contributed by atoms with Crippen molar-refractivity contribution in [1.29, 1.82) is 0 Å². The highest BCUT2D eigenvalue weighted by molar-refractivity contribution is 7.90. The van der Waals surface area contributed by atoms with Crippen molar-refractivity contribution in [3.05, 3.63) is 24.3 Å². The highest BCUT2D eigenvalue weighted by atomic mass is 32.2. The molecule has 0 aliphatic heterocycles. The molecule has 3 amide bonds. The lowest BCUT2D eigenvalue weighted by Crippen LogP contribution is -2.43. The molecule has 0 aromatic carbocycles. The standard InChI is InChI=1S/C13H18F3N5O4S/c14-13(15,16)3-1-2-8-26(24,25)21-12(23)20-7-6-19-11(22)10-9-17-4-5-18-10/h4-5,9H,1-3,6-8H2,(H,19,22)(H2,20,21,23). The van der Waals surface area contributed by atoms with Gasteiger partial charge >= 0.3 is 12.2 Å². The first-order chi connectivity index (χ1) is 12.1. The van der Waals surface area contributed by atoms with E-state index in [0.29, 0.717) is 0 Å². The van der Waals surface area contributed by atoms with Crippen molar-refractivity contribution in [2.75, 3.05) is 18.8 Å². The van der Waals surface area contributed by atoms with Crippen LogP contribution in [0.15, 0.2) is 18.6 Å². The van der Waals surface area contributed by atoms with Crippen molar-refractivity contribution in [2.24, 2.45) is 0 Å². The highest BCUT2D eigenvalue weighted by Gasteiger charge is 2.26. The Bertz CT molecular complexity index is 697. The Morgan fingerprint density at radius 1 is 1.08 bits per heavy atom. The monoisotopic (exact) mass is 397 g/mol. The third kappa shape index (κ3) is 9.76. The molecule has 0 fully saturated rings. The molecule has 0 unspecified atom stereocenters. The van der Waals surface area contributed by atoms with E-state index in [9.17, 15) is 31.2 Å². The maximum Gasteiger partial charge on any atom is 0.389 e. The fraction of sp³-hybridized carbons (Fsp3) is 0.538. The third-order valence-electron chi connectivity index (χ3n) is 2.86. The fourth-order valence-corrected chi connectivity index (χ4v) is 2.75. The molecule has 13 heteroatoms. The molecule has 1 aromatic heterocycles. The summed E-state index contributed by atoms with van der Waals surface area (Å²) in [6.45, 7) is -0.0596. The van der Waals surface area contributed by atoms with Gasteiger partial charge in [0.25, 0.3) is 5.91 Å². The normalized spacial score (nSPS) is 11.7. The van der Waals surface area contributed by atoms with E-state index in [1.54, 1.807) is 4.72 Å². The molecule has 1 aromatic rings. The van der Waals surface area contributed by atoms with E-state index in [-0.39, 0.29) is 31.6 Å². The van der Waals surface area contributed by atoms with Crippen LogP contribution in [0.3, 0.4) is 0 Å². The van der Waals surface area contributed by atoms with E-state index in [4.69, 9.17) is 0 Å². The van der Waals surface area contributed by atoms with Gasteiger partial charge < -0.3 is 10.6 Å². The average Bonchev–Trinajstić information content (AvgIpc) is 2.55. The largest absolute Gasteiger partial charge is 0.389 e. The summed E-state index contributed by atoms with van der Waals surface area (Å²) < 4.78 is 60.7. The minimum absolute atomic E-state index is 0.00839. The zero-order chi connectivity index (χ0) is 19.6. The van der Waals surface area contributed by atoms with Crippen molar-refractivity contribution in [3.8, 4) is 0 Å². The van der Waals surface area contributed by atoms with Gasteiger partial charge in [0, 0.05) is 31.9 Å². The maximum atomic E-state index is 12.0. The molecular weight excluding hydrogens is 379 g/mol. The zero-order valence-corrected chi connectivity index (χ0v) is 14.4. The number of hydrogen-bond donors (Lipinski definition) is 3. The van der Waals surface area contributed by atoms with Gasteiger partial charge in [-0.2, -0.15) is 13.2 Å². The van der Waals surface area contributed by atoms with Crippen LogP contribution in [0, 0.1) is 0 Å². The Hall–Kier alpha value is -2.44. The number of alkyl halides is 3. The Morgan fingerprint density at radius 2 is 1.77 bits per heavy atom. The molecule has 1 rings (SSSR count). The van der Waals surface area contributed by atoms with Gasteiger partial charge in [0.1, 0.15) is 5.69 Å². The van der Waals surface area contributed by atoms with E-state index < -0.39 is 40.3 Å². The molecule has 146 valence electrons. The summed E-state index contributed by atoms with van der Waals surface area (Å²) >= 11 is 0. The van der Waals surface area contributed by atoms with Gasteiger partial charge in [-0.1, -0.05) is 0 Å². The number of nitrogens with zero attached hydrogens (tertiary/aromatic N) is 2. The number of carbonyl (C=O) groups is 2. The first-order valence-corrected chi connectivity index (χ1v) is 9.13. The number of rotatable bonds is 9. The van der Waals surface area contributed by atoms with Crippen LogP contribution in [0.4, 0.5) is 18.0 Å². The quantitative estimate of drug-likeness (QED) is 0.522. The highest BCUT2D eigenvalue weighted by Crippen LogP contribution is 2.22. The lowest BCUT2D eigenvalue weighted by Gasteiger charge is -2.10. The van der Waals surface area contributed by atoms with Crippen LogP contribution in [-0.4, -0.2) is 55.3 Å². The summed E-state index contributed by atoms with van der Waals surface area (Å²) in [4.78, 5) is 30.5. The summed E-state index contributed by atoms with van der Waals surface area (Å²) in [7, 11) is -4.03. The van der Waals surface area contributed by atoms with Crippen molar-refractivity contribution < 1.29 is 31.2 Å². The van der Waals surface area contributed by atoms with Crippen molar-refractivity contribution in [3.63, 3.8) is 0 Å². The van der Waals surface area contributed by atoms with Crippen LogP contribution in [0.25, 0.3) is 0 Å². The van der Waals surface area contributed by atoms with Crippen molar-refractivity contribution >= 4 is 22.0 Å². The number of unbranched alkanes of at least 4 members (excludes halogenated alkanes) is 1. The molecule has 0 atom stereocenters. The van der Waals surface area contributed by atoms with Crippen LogP contribution in [0.2, 0.25) is 0 Å². The van der Waals surface area contributed by atoms with Gasteiger partial charge in [0.2, 0.25) is 10.0 Å². The summed E-state index contributed by atoms with van der Waals surface area (Å²) in [5.74, 6) is -1.11. The lowest BCUT2D eigenvalue weighted by atomic mass is 10.2. The first-order valence-electron chi connectivity index (χ1n) is 7.48. The molecule has 0 bridgehead atoms. The molecule has 0 saturated heterocycles. The predicted molar refractivity (Wildman–Crippen MR) is 84.6 cm³/mol. The Kier molecular flexibility index (Phi) is 8.22. The molecule has 26 heavy (non-hydrogen) atoms. The second-order valence-electron chi connectivity index (χ2n) is 5.10. The van der Waals surface area contributed by atoms with Crippen LogP contribution in [0.5, 0.6) is 0 Å². The fourth-order valence-electron chi connectivity index (χ4n) is 1.70. The Labute approximate surface area is 147 Å². The molecule has 0 aliphatic carbocycles. The molecule has 0 saturated carbocycles. The van der Waals surface area contributed by atoms with Crippen LogP contribution >= 0.6 is 0 Å². The number of hydrogen-bond acceptors (Lipinski definition) is 6. The number of halogens is 3. The van der Waals surface area contributed by atoms with Crippen molar-refractivity contribution in [2.45, 2.75) is 25.4 Å². The summed E-state index contributed by atoms with van der Waals surface area (Å²) in [6, 6.07) is -1.03. The molecule has 0 spiro atoms. The predicted octanol–water partition coefficient (Wildman–Crippen LogP) is 0.568. The average molecular weight is 397 g/mol. The van der Waals surface area contributed by atoms with Crippen LogP contribution < -0.4 is 15.4 Å². The number of aromatic nitrogens is 2. The minimum Gasteiger partial charge on any atom is -0.349 e.